The molecule has 172 valence electrons. The van der Waals surface area contributed by atoms with E-state index in [2.05, 4.69) is 10.0 Å². The Hall–Kier alpha value is -1.95. The number of aliphatic hydroxyl groups is 4. The van der Waals surface area contributed by atoms with Crippen molar-refractivity contribution in [3.8, 4) is 5.75 Å². The van der Waals surface area contributed by atoms with Crippen molar-refractivity contribution in [2.45, 2.75) is 74.8 Å². The number of nitrogens with zero attached hydrogens (tertiary/aromatic N) is 3. The number of benzene rings is 1. The summed E-state index contributed by atoms with van der Waals surface area (Å²) in [7, 11) is 1.57. The summed E-state index contributed by atoms with van der Waals surface area (Å²) in [6, 6.07) is 7.22. The highest BCUT2D eigenvalue weighted by molar-refractivity contribution is 5.26. The first kappa shape index (κ1) is 23.7. The summed E-state index contributed by atoms with van der Waals surface area (Å²) in [6.07, 6.45) is -7.97. The fourth-order valence-electron chi connectivity index (χ4n) is 4.02. The maximum atomic E-state index is 10.5. The maximum Gasteiger partial charge on any atom is 0.178 e. The van der Waals surface area contributed by atoms with Crippen LogP contribution in [0.15, 0.2) is 29.4 Å². The third kappa shape index (κ3) is 5.28. The first-order valence-electron chi connectivity index (χ1n) is 10.1. The van der Waals surface area contributed by atoms with Crippen molar-refractivity contribution >= 4 is 0 Å². The minimum atomic E-state index is -1.82. The van der Waals surface area contributed by atoms with Crippen LogP contribution in [0.25, 0.3) is 10.4 Å². The molecule has 2 aliphatic heterocycles. The average Bonchev–Trinajstić information content (AvgIpc) is 2.74. The quantitative estimate of drug-likeness (QED) is 0.273. The van der Waals surface area contributed by atoms with E-state index >= 15 is 0 Å². The van der Waals surface area contributed by atoms with E-state index in [1.807, 2.05) is 12.1 Å². The molecule has 0 spiro atoms. The number of azide groups is 1. The molecule has 2 saturated heterocycles. The number of hydrogen-bond acceptors (Lipinski definition) is 9. The highest BCUT2D eigenvalue weighted by Crippen LogP contribution is 2.40. The van der Waals surface area contributed by atoms with Gasteiger partial charge in [-0.25, -0.2) is 0 Å². The van der Waals surface area contributed by atoms with Crippen molar-refractivity contribution < 1.29 is 39.4 Å². The smallest absolute Gasteiger partial charge is 0.178 e. The lowest BCUT2D eigenvalue weighted by Crippen LogP contribution is -2.65. The molecule has 0 aromatic heterocycles. The number of ether oxygens (including phenoxy) is 4. The number of aliphatic hydroxyl groups excluding tert-OH is 4. The van der Waals surface area contributed by atoms with E-state index in [4.69, 9.17) is 24.5 Å². The standard InChI is InChI=1S/C20H29N3O8/c1-11-7-14(24)18(27)19(30-11)20(22-23-21)8-15(25)17(26)16(31-20)10-29-9-12-3-5-13(28-2)6-4-12/h3-6,11,14-19,24-27H,7-10H2,1-2H3/t11-,14+,15-,16-,17+,18-,19-,20+/m1/s1. The van der Waals surface area contributed by atoms with Gasteiger partial charge in [-0.05, 0) is 30.2 Å². The van der Waals surface area contributed by atoms with Crippen LogP contribution >= 0.6 is 0 Å². The predicted molar refractivity (Wildman–Crippen MR) is 107 cm³/mol. The molecule has 2 heterocycles. The summed E-state index contributed by atoms with van der Waals surface area (Å²) in [5.74, 6) is 0.708. The predicted octanol–water partition coefficient (Wildman–Crippen LogP) is 0.628. The van der Waals surface area contributed by atoms with E-state index in [0.29, 0.717) is 5.75 Å². The van der Waals surface area contributed by atoms with E-state index in [1.54, 1.807) is 26.2 Å². The van der Waals surface area contributed by atoms with Crippen LogP contribution in [0.2, 0.25) is 0 Å². The van der Waals surface area contributed by atoms with Crippen molar-refractivity contribution in [1.29, 1.82) is 0 Å². The lowest BCUT2D eigenvalue weighted by Gasteiger charge is -2.50. The summed E-state index contributed by atoms with van der Waals surface area (Å²) >= 11 is 0. The van der Waals surface area contributed by atoms with Gasteiger partial charge in [-0.1, -0.05) is 17.2 Å². The normalized spacial score (nSPS) is 38.3. The zero-order chi connectivity index (χ0) is 22.6. The molecule has 31 heavy (non-hydrogen) atoms. The lowest BCUT2D eigenvalue weighted by atomic mass is 9.84. The van der Waals surface area contributed by atoms with Gasteiger partial charge in [-0.15, -0.1) is 0 Å². The van der Waals surface area contributed by atoms with E-state index in [1.165, 1.54) is 0 Å². The summed E-state index contributed by atoms with van der Waals surface area (Å²) < 4.78 is 22.4. The van der Waals surface area contributed by atoms with E-state index in [0.717, 1.165) is 5.56 Å². The first-order chi connectivity index (χ1) is 14.8. The topological polar surface area (TPSA) is 167 Å². The monoisotopic (exact) mass is 439 g/mol. The zero-order valence-electron chi connectivity index (χ0n) is 17.4. The molecule has 2 aliphatic rings. The Balaban J connectivity index is 1.73. The van der Waals surface area contributed by atoms with Crippen LogP contribution in [-0.2, 0) is 20.8 Å². The molecule has 0 saturated carbocycles. The maximum absolute atomic E-state index is 10.5. The Bertz CT molecular complexity index is 774. The van der Waals surface area contributed by atoms with Gasteiger partial charge in [0.1, 0.15) is 30.2 Å². The van der Waals surface area contributed by atoms with E-state index in [9.17, 15) is 20.4 Å². The van der Waals surface area contributed by atoms with Crippen molar-refractivity contribution in [1.82, 2.24) is 0 Å². The molecule has 8 atom stereocenters. The average molecular weight is 439 g/mol. The van der Waals surface area contributed by atoms with Crippen LogP contribution in [0, 0.1) is 0 Å². The van der Waals surface area contributed by atoms with Crippen LogP contribution in [-0.4, -0.2) is 82.6 Å². The highest BCUT2D eigenvalue weighted by atomic mass is 16.6. The van der Waals surface area contributed by atoms with Gasteiger partial charge in [0.2, 0.25) is 0 Å². The Labute approximate surface area is 179 Å². The van der Waals surface area contributed by atoms with Gasteiger partial charge in [-0.3, -0.25) is 0 Å². The molecule has 0 aliphatic carbocycles. The summed E-state index contributed by atoms with van der Waals surface area (Å²) in [6.45, 7) is 1.79. The van der Waals surface area contributed by atoms with E-state index < -0.39 is 48.5 Å². The molecule has 11 heteroatoms. The Morgan fingerprint density at radius 3 is 2.52 bits per heavy atom. The van der Waals surface area contributed by atoms with E-state index in [-0.39, 0.29) is 26.1 Å². The van der Waals surface area contributed by atoms with Crippen molar-refractivity contribution in [3.63, 3.8) is 0 Å². The Morgan fingerprint density at radius 1 is 1.16 bits per heavy atom. The number of methoxy groups -OCH3 is 1. The zero-order valence-corrected chi connectivity index (χ0v) is 17.4. The second-order valence-electron chi connectivity index (χ2n) is 7.98. The van der Waals surface area contributed by atoms with Crippen molar-refractivity contribution in [3.05, 3.63) is 40.3 Å². The first-order valence-corrected chi connectivity index (χ1v) is 10.1. The summed E-state index contributed by atoms with van der Waals surface area (Å²) in [5.41, 5.74) is 8.17. The van der Waals surface area contributed by atoms with Crippen LogP contribution < -0.4 is 4.74 Å². The third-order valence-corrected chi connectivity index (χ3v) is 5.66. The highest BCUT2D eigenvalue weighted by Gasteiger charge is 2.56. The molecule has 3 rings (SSSR count). The van der Waals surface area contributed by atoms with Crippen LogP contribution in [0.5, 0.6) is 5.75 Å². The molecule has 2 fully saturated rings. The van der Waals surface area contributed by atoms with Gasteiger partial charge in [0, 0.05) is 17.8 Å². The minimum absolute atomic E-state index is 0.117. The second kappa shape index (κ2) is 10.1. The van der Waals surface area contributed by atoms with Crippen LogP contribution in [0.3, 0.4) is 0 Å². The fourth-order valence-corrected chi connectivity index (χ4v) is 4.02. The molecule has 0 unspecified atom stereocenters. The largest absolute Gasteiger partial charge is 0.497 e. The molecule has 0 amide bonds. The van der Waals surface area contributed by atoms with Gasteiger partial charge in [-0.2, -0.15) is 0 Å². The molecule has 4 N–H and O–H groups in total. The van der Waals surface area contributed by atoms with Gasteiger partial charge in [0.15, 0.2) is 5.72 Å². The number of rotatable bonds is 7. The van der Waals surface area contributed by atoms with Gasteiger partial charge < -0.3 is 39.4 Å². The van der Waals surface area contributed by atoms with Crippen LogP contribution in [0.1, 0.15) is 25.3 Å². The molecule has 1 aromatic rings. The molecule has 1 aromatic carbocycles. The summed E-state index contributed by atoms with van der Waals surface area (Å²) in [5, 5.41) is 45.2. The molecule has 0 radical (unpaired) electrons. The summed E-state index contributed by atoms with van der Waals surface area (Å²) in [4.78, 5) is 2.81. The van der Waals surface area contributed by atoms with Gasteiger partial charge in [0.25, 0.3) is 0 Å². The SMILES string of the molecule is COc1ccc(COC[C@H]2O[C@](N=[N+]=[N-])([C@@H]3O[C@H](C)C[C@H](O)[C@H]3O)C[C@@H](O)[C@@H]2O)cc1. The van der Waals surface area contributed by atoms with Crippen molar-refractivity contribution in [2.24, 2.45) is 5.11 Å². The molecular weight excluding hydrogens is 410 g/mol. The molecule has 0 bridgehead atoms. The van der Waals surface area contributed by atoms with Gasteiger partial charge in [0.05, 0.1) is 38.6 Å². The Kier molecular flexibility index (Phi) is 7.73. The third-order valence-electron chi connectivity index (χ3n) is 5.66. The minimum Gasteiger partial charge on any atom is -0.497 e. The lowest BCUT2D eigenvalue weighted by molar-refractivity contribution is -0.295. The fraction of sp³-hybridized carbons (Fsp3) is 0.700. The van der Waals surface area contributed by atoms with Crippen LogP contribution in [0.4, 0.5) is 0 Å². The molecular formula is C20H29N3O8. The molecule has 11 nitrogen and oxygen atoms in total. The van der Waals surface area contributed by atoms with Gasteiger partial charge >= 0.3 is 0 Å². The second-order valence-corrected chi connectivity index (χ2v) is 7.98. The number of hydrogen-bond donors (Lipinski definition) is 4. The van der Waals surface area contributed by atoms with Crippen molar-refractivity contribution in [2.75, 3.05) is 13.7 Å². The Morgan fingerprint density at radius 2 is 1.87 bits per heavy atom.